The molecule has 0 aliphatic rings. The molecule has 0 unspecified atom stereocenters. The molecule has 1 atom stereocenters. The molecule has 208 valence electrons. The first-order valence-corrected chi connectivity index (χ1v) is 14.1. The van der Waals surface area contributed by atoms with Gasteiger partial charge < -0.3 is 19.7 Å². The average molecular weight is 551 g/mol. The summed E-state index contributed by atoms with van der Waals surface area (Å²) in [4.78, 5) is 29.0. The van der Waals surface area contributed by atoms with Gasteiger partial charge in [0.1, 0.15) is 6.04 Å². The number of amides is 2. The molecule has 39 heavy (non-hydrogen) atoms. The molecular formula is C32H39ClN2O4. The summed E-state index contributed by atoms with van der Waals surface area (Å²) >= 11 is 6.50. The Hall–Kier alpha value is -3.51. The Bertz CT molecular complexity index is 1200. The second-order valence-corrected chi connectivity index (χ2v) is 9.66. The smallest absolute Gasteiger partial charge is 0.243 e. The van der Waals surface area contributed by atoms with Crippen LogP contribution in [0.4, 0.5) is 0 Å². The van der Waals surface area contributed by atoms with Gasteiger partial charge in [0, 0.05) is 31.0 Å². The van der Waals surface area contributed by atoms with Crippen LogP contribution in [0.25, 0.3) is 0 Å². The lowest BCUT2D eigenvalue weighted by atomic mass is 10.0. The monoisotopic (exact) mass is 550 g/mol. The number of hydrogen-bond donors (Lipinski definition) is 1. The minimum absolute atomic E-state index is 0.116. The summed E-state index contributed by atoms with van der Waals surface area (Å²) in [6.07, 6.45) is 1.95. The third-order valence-corrected chi connectivity index (χ3v) is 6.72. The Morgan fingerprint density at radius 3 is 2.26 bits per heavy atom. The zero-order chi connectivity index (χ0) is 28.0. The fourth-order valence-corrected chi connectivity index (χ4v) is 4.57. The SMILES string of the molecule is CCCNC(=O)[C@@H](Cc1ccccc1)N(Cc1ccccc1Cl)C(=O)CCc1ccc(OCC)c(OCC)c1. The molecule has 3 aromatic rings. The first-order valence-electron chi connectivity index (χ1n) is 13.7. The number of nitrogens with one attached hydrogen (secondary N) is 1. The molecule has 0 spiro atoms. The van der Waals surface area contributed by atoms with Crippen molar-refractivity contribution in [2.75, 3.05) is 19.8 Å². The molecule has 0 fully saturated rings. The molecule has 2 amide bonds. The molecule has 0 aliphatic heterocycles. The van der Waals surface area contributed by atoms with E-state index in [2.05, 4.69) is 5.32 Å². The predicted octanol–water partition coefficient (Wildman–Crippen LogP) is 6.24. The van der Waals surface area contributed by atoms with Gasteiger partial charge in [0.15, 0.2) is 11.5 Å². The Morgan fingerprint density at radius 1 is 0.872 bits per heavy atom. The second-order valence-electron chi connectivity index (χ2n) is 9.26. The van der Waals surface area contributed by atoms with Crippen molar-refractivity contribution in [1.82, 2.24) is 10.2 Å². The van der Waals surface area contributed by atoms with Crippen molar-refractivity contribution in [3.8, 4) is 11.5 Å². The Morgan fingerprint density at radius 2 is 1.56 bits per heavy atom. The van der Waals surface area contributed by atoms with Crippen LogP contribution in [0.3, 0.4) is 0 Å². The maximum absolute atomic E-state index is 13.9. The van der Waals surface area contributed by atoms with Gasteiger partial charge in [0.25, 0.3) is 0 Å². The van der Waals surface area contributed by atoms with Crippen LogP contribution in [0, 0.1) is 0 Å². The van der Waals surface area contributed by atoms with E-state index >= 15 is 0 Å². The number of rotatable bonds is 15. The normalized spacial score (nSPS) is 11.5. The van der Waals surface area contributed by atoms with Gasteiger partial charge in [-0.2, -0.15) is 0 Å². The molecule has 0 saturated carbocycles. The van der Waals surface area contributed by atoms with Crippen LogP contribution < -0.4 is 14.8 Å². The molecule has 0 saturated heterocycles. The van der Waals surface area contributed by atoms with Crippen LogP contribution >= 0.6 is 11.6 Å². The highest BCUT2D eigenvalue weighted by Crippen LogP contribution is 2.29. The van der Waals surface area contributed by atoms with E-state index in [9.17, 15) is 9.59 Å². The third-order valence-electron chi connectivity index (χ3n) is 6.35. The summed E-state index contributed by atoms with van der Waals surface area (Å²) < 4.78 is 11.4. The summed E-state index contributed by atoms with van der Waals surface area (Å²) in [5, 5.41) is 3.57. The van der Waals surface area contributed by atoms with Crippen molar-refractivity contribution in [2.24, 2.45) is 0 Å². The van der Waals surface area contributed by atoms with Crippen molar-refractivity contribution in [3.63, 3.8) is 0 Å². The van der Waals surface area contributed by atoms with Gasteiger partial charge in [-0.1, -0.05) is 73.1 Å². The van der Waals surface area contributed by atoms with Gasteiger partial charge in [-0.3, -0.25) is 9.59 Å². The van der Waals surface area contributed by atoms with Gasteiger partial charge in [-0.25, -0.2) is 0 Å². The van der Waals surface area contributed by atoms with E-state index in [1.807, 2.05) is 87.5 Å². The van der Waals surface area contributed by atoms with Crippen molar-refractivity contribution in [1.29, 1.82) is 0 Å². The van der Waals surface area contributed by atoms with Crippen LogP contribution in [-0.2, 0) is 29.0 Å². The predicted molar refractivity (Wildman–Crippen MR) is 156 cm³/mol. The number of hydrogen-bond acceptors (Lipinski definition) is 4. The summed E-state index contributed by atoms with van der Waals surface area (Å²) in [6.45, 7) is 7.70. The Kier molecular flexibility index (Phi) is 12.2. The van der Waals surface area contributed by atoms with E-state index < -0.39 is 6.04 Å². The molecule has 6 nitrogen and oxygen atoms in total. The second kappa shape index (κ2) is 15.8. The minimum Gasteiger partial charge on any atom is -0.490 e. The fourth-order valence-electron chi connectivity index (χ4n) is 4.38. The lowest BCUT2D eigenvalue weighted by Gasteiger charge is -2.32. The first-order chi connectivity index (χ1) is 19.0. The highest BCUT2D eigenvalue weighted by molar-refractivity contribution is 6.31. The molecule has 0 bridgehead atoms. The highest BCUT2D eigenvalue weighted by Gasteiger charge is 2.30. The molecule has 1 N–H and O–H groups in total. The molecule has 7 heteroatoms. The zero-order valence-corrected chi connectivity index (χ0v) is 23.9. The van der Waals surface area contributed by atoms with E-state index in [0.717, 1.165) is 23.1 Å². The number of nitrogens with zero attached hydrogens (tertiary/aromatic N) is 1. The number of halogens is 1. The van der Waals surface area contributed by atoms with Gasteiger partial charge in [-0.15, -0.1) is 0 Å². The summed E-state index contributed by atoms with van der Waals surface area (Å²) in [7, 11) is 0. The standard InChI is InChI=1S/C32H39ClN2O4/c1-4-20-34-32(37)28(21-24-12-8-7-9-13-24)35(23-26-14-10-11-15-27(26)33)31(36)19-17-25-16-18-29(38-5-2)30(22-25)39-6-3/h7-16,18,22,28H,4-6,17,19-21,23H2,1-3H3,(H,34,37)/t28-/m1/s1. The number of ether oxygens (including phenoxy) is 2. The number of carbonyl (C=O) groups is 2. The number of aryl methyl sites for hydroxylation is 1. The largest absolute Gasteiger partial charge is 0.490 e. The number of benzene rings is 3. The summed E-state index contributed by atoms with van der Waals surface area (Å²) in [5.74, 6) is 1.07. The van der Waals surface area contributed by atoms with Crippen LogP contribution in [0.15, 0.2) is 72.8 Å². The van der Waals surface area contributed by atoms with Gasteiger partial charge in [-0.05, 0) is 61.6 Å². The Balaban J connectivity index is 1.89. The van der Waals surface area contributed by atoms with E-state index in [4.69, 9.17) is 21.1 Å². The number of carbonyl (C=O) groups excluding carboxylic acids is 2. The van der Waals surface area contributed by atoms with E-state index in [-0.39, 0.29) is 24.8 Å². The van der Waals surface area contributed by atoms with E-state index in [1.165, 1.54) is 0 Å². The Labute approximate surface area is 237 Å². The topological polar surface area (TPSA) is 67.9 Å². The minimum atomic E-state index is -0.679. The summed E-state index contributed by atoms with van der Waals surface area (Å²) in [5.41, 5.74) is 2.75. The van der Waals surface area contributed by atoms with Gasteiger partial charge in [0.05, 0.1) is 13.2 Å². The lowest BCUT2D eigenvalue weighted by molar-refractivity contribution is -0.141. The zero-order valence-electron chi connectivity index (χ0n) is 23.1. The molecule has 3 aromatic carbocycles. The van der Waals surface area contributed by atoms with Crippen LogP contribution in [0.2, 0.25) is 5.02 Å². The van der Waals surface area contributed by atoms with E-state index in [0.29, 0.717) is 49.1 Å². The highest BCUT2D eigenvalue weighted by atomic mass is 35.5. The fraction of sp³-hybridized carbons (Fsp3) is 0.375. The van der Waals surface area contributed by atoms with Crippen LogP contribution in [0.1, 0.15) is 50.3 Å². The maximum atomic E-state index is 13.9. The molecule has 3 rings (SSSR count). The lowest BCUT2D eigenvalue weighted by Crippen LogP contribution is -2.50. The molecule has 0 radical (unpaired) electrons. The first kappa shape index (κ1) is 30.0. The third kappa shape index (κ3) is 9.03. The van der Waals surface area contributed by atoms with Gasteiger partial charge in [0.2, 0.25) is 11.8 Å². The van der Waals surface area contributed by atoms with Crippen LogP contribution in [0.5, 0.6) is 11.5 Å². The van der Waals surface area contributed by atoms with Crippen molar-refractivity contribution < 1.29 is 19.1 Å². The summed E-state index contributed by atoms with van der Waals surface area (Å²) in [6, 6.07) is 22.3. The van der Waals surface area contributed by atoms with Gasteiger partial charge >= 0.3 is 0 Å². The molecule has 0 aliphatic carbocycles. The van der Waals surface area contributed by atoms with Crippen LogP contribution in [-0.4, -0.2) is 42.5 Å². The van der Waals surface area contributed by atoms with Crippen molar-refractivity contribution in [3.05, 3.63) is 94.5 Å². The molecular weight excluding hydrogens is 512 g/mol. The quantitative estimate of drug-likeness (QED) is 0.243. The maximum Gasteiger partial charge on any atom is 0.243 e. The van der Waals surface area contributed by atoms with Crippen molar-refractivity contribution >= 4 is 23.4 Å². The van der Waals surface area contributed by atoms with E-state index in [1.54, 1.807) is 11.0 Å². The average Bonchev–Trinajstić information content (AvgIpc) is 2.95. The van der Waals surface area contributed by atoms with Crippen molar-refractivity contribution in [2.45, 2.75) is 59.0 Å². The molecule has 0 heterocycles. The molecule has 0 aromatic heterocycles.